The van der Waals surface area contributed by atoms with Gasteiger partial charge in [-0.1, -0.05) is 5.16 Å². The van der Waals surface area contributed by atoms with Crippen molar-refractivity contribution >= 4 is 5.97 Å². The van der Waals surface area contributed by atoms with E-state index in [4.69, 9.17) is 13.7 Å². The Kier molecular flexibility index (Phi) is 4.28. The molecule has 0 amide bonds. The van der Waals surface area contributed by atoms with Gasteiger partial charge in [0.2, 0.25) is 0 Å². The molecule has 124 valence electrons. The number of carbonyl (C=O) groups excluding carboxylic acids is 1. The second-order valence-corrected chi connectivity index (χ2v) is 5.02. The fourth-order valence-corrected chi connectivity index (χ4v) is 2.21. The van der Waals surface area contributed by atoms with E-state index in [0.717, 1.165) is 4.68 Å². The molecule has 3 heterocycles. The van der Waals surface area contributed by atoms with E-state index in [-0.39, 0.29) is 13.2 Å². The Balaban J connectivity index is 2.11. The van der Waals surface area contributed by atoms with E-state index in [2.05, 4.69) is 10.3 Å². The highest BCUT2D eigenvalue weighted by Gasteiger charge is 2.19. The zero-order chi connectivity index (χ0) is 17.1. The highest BCUT2D eigenvalue weighted by molar-refractivity contribution is 5.75. The number of hydrogen-bond donors (Lipinski definition) is 0. The Morgan fingerprint density at radius 2 is 2.17 bits per heavy atom. The molecule has 24 heavy (non-hydrogen) atoms. The SMILES string of the molecule is CCOC(=O)Cn1nc(-c2ccco2)c(-c2cc(C)no2)cc1=O. The van der Waals surface area contributed by atoms with Crippen molar-refractivity contribution in [2.45, 2.75) is 20.4 Å². The molecule has 0 aromatic carbocycles. The van der Waals surface area contributed by atoms with Crippen molar-refractivity contribution in [3.8, 4) is 22.8 Å². The first kappa shape index (κ1) is 15.7. The van der Waals surface area contributed by atoms with Gasteiger partial charge in [0.1, 0.15) is 12.2 Å². The molecule has 0 aliphatic carbocycles. The maximum atomic E-state index is 12.3. The summed E-state index contributed by atoms with van der Waals surface area (Å²) < 4.78 is 16.5. The summed E-state index contributed by atoms with van der Waals surface area (Å²) in [6, 6.07) is 6.43. The fourth-order valence-electron chi connectivity index (χ4n) is 2.21. The zero-order valence-electron chi connectivity index (χ0n) is 13.2. The standard InChI is InChI=1S/C16H15N3O5/c1-3-22-15(21)9-19-14(20)8-11(13-7-10(2)18-24-13)16(17-19)12-5-4-6-23-12/h4-8H,3,9H2,1-2H3. The second-order valence-electron chi connectivity index (χ2n) is 5.02. The van der Waals surface area contributed by atoms with Gasteiger partial charge in [-0.05, 0) is 26.0 Å². The number of esters is 1. The Labute approximate surface area is 136 Å². The van der Waals surface area contributed by atoms with Crippen LogP contribution in [0.1, 0.15) is 12.6 Å². The van der Waals surface area contributed by atoms with Crippen LogP contribution in [-0.4, -0.2) is 27.5 Å². The number of aromatic nitrogens is 3. The summed E-state index contributed by atoms with van der Waals surface area (Å²) in [6.45, 7) is 3.41. The Morgan fingerprint density at radius 3 is 2.79 bits per heavy atom. The zero-order valence-corrected chi connectivity index (χ0v) is 13.2. The van der Waals surface area contributed by atoms with Crippen LogP contribution in [0.3, 0.4) is 0 Å². The number of nitrogens with zero attached hydrogens (tertiary/aromatic N) is 3. The van der Waals surface area contributed by atoms with E-state index in [0.29, 0.717) is 28.5 Å². The van der Waals surface area contributed by atoms with Crippen LogP contribution in [0.5, 0.6) is 0 Å². The highest BCUT2D eigenvalue weighted by atomic mass is 16.5. The largest absolute Gasteiger partial charge is 0.465 e. The third-order valence-electron chi connectivity index (χ3n) is 3.23. The summed E-state index contributed by atoms with van der Waals surface area (Å²) >= 11 is 0. The molecule has 8 heteroatoms. The van der Waals surface area contributed by atoms with Crippen LogP contribution < -0.4 is 5.56 Å². The highest BCUT2D eigenvalue weighted by Crippen LogP contribution is 2.29. The predicted octanol–water partition coefficient (Wildman–Crippen LogP) is 2.03. The lowest BCUT2D eigenvalue weighted by Gasteiger charge is -2.08. The molecular weight excluding hydrogens is 314 g/mol. The molecule has 3 aromatic rings. The van der Waals surface area contributed by atoms with Crippen molar-refractivity contribution in [2.24, 2.45) is 0 Å². The van der Waals surface area contributed by atoms with Crippen LogP contribution in [0, 0.1) is 6.92 Å². The quantitative estimate of drug-likeness (QED) is 0.660. The van der Waals surface area contributed by atoms with Crippen LogP contribution in [0.25, 0.3) is 22.8 Å². The van der Waals surface area contributed by atoms with Gasteiger partial charge in [0, 0.05) is 12.1 Å². The summed E-state index contributed by atoms with van der Waals surface area (Å²) in [4.78, 5) is 23.9. The molecule has 0 N–H and O–H groups in total. The number of rotatable bonds is 5. The van der Waals surface area contributed by atoms with Gasteiger partial charge in [0.15, 0.2) is 11.5 Å². The smallest absolute Gasteiger partial charge is 0.327 e. The molecule has 0 atom stereocenters. The Morgan fingerprint density at radius 1 is 1.33 bits per heavy atom. The number of carbonyl (C=O) groups is 1. The van der Waals surface area contributed by atoms with Gasteiger partial charge >= 0.3 is 5.97 Å². The summed E-state index contributed by atoms with van der Waals surface area (Å²) in [7, 11) is 0. The van der Waals surface area contributed by atoms with Gasteiger partial charge in [0.05, 0.1) is 24.1 Å². The first-order valence-corrected chi connectivity index (χ1v) is 7.34. The van der Waals surface area contributed by atoms with Gasteiger partial charge in [-0.25, -0.2) is 4.68 Å². The van der Waals surface area contributed by atoms with Gasteiger partial charge < -0.3 is 13.7 Å². The fraction of sp³-hybridized carbons (Fsp3) is 0.250. The van der Waals surface area contributed by atoms with Crippen LogP contribution in [-0.2, 0) is 16.1 Å². The van der Waals surface area contributed by atoms with E-state index < -0.39 is 11.5 Å². The molecule has 0 radical (unpaired) electrons. The average Bonchev–Trinajstić information content (AvgIpc) is 3.20. The lowest BCUT2D eigenvalue weighted by Crippen LogP contribution is -2.28. The first-order chi connectivity index (χ1) is 11.6. The minimum Gasteiger partial charge on any atom is -0.465 e. The minimum atomic E-state index is -0.541. The van der Waals surface area contributed by atoms with Crippen molar-refractivity contribution in [1.29, 1.82) is 0 Å². The summed E-state index contributed by atoms with van der Waals surface area (Å²) in [5.41, 5.74) is 1.03. The normalized spacial score (nSPS) is 10.8. The van der Waals surface area contributed by atoms with Crippen molar-refractivity contribution in [3.05, 3.63) is 46.6 Å². The predicted molar refractivity (Wildman–Crippen MR) is 83.1 cm³/mol. The van der Waals surface area contributed by atoms with Crippen LogP contribution >= 0.6 is 0 Å². The molecule has 0 aliphatic rings. The Bertz CT molecular complexity index is 908. The third-order valence-corrected chi connectivity index (χ3v) is 3.23. The lowest BCUT2D eigenvalue weighted by atomic mass is 10.1. The molecule has 0 spiro atoms. The topological polar surface area (TPSA) is 100 Å². The number of hydrogen-bond acceptors (Lipinski definition) is 7. The third kappa shape index (κ3) is 3.12. The summed E-state index contributed by atoms with van der Waals surface area (Å²) in [5, 5.41) is 8.07. The van der Waals surface area contributed by atoms with Crippen molar-refractivity contribution in [3.63, 3.8) is 0 Å². The van der Waals surface area contributed by atoms with Crippen LogP contribution in [0.4, 0.5) is 0 Å². The molecule has 0 saturated heterocycles. The first-order valence-electron chi connectivity index (χ1n) is 7.34. The average molecular weight is 329 g/mol. The monoisotopic (exact) mass is 329 g/mol. The molecule has 3 aromatic heterocycles. The minimum absolute atomic E-state index is 0.230. The molecule has 3 rings (SSSR count). The van der Waals surface area contributed by atoms with Crippen molar-refractivity contribution in [2.75, 3.05) is 6.61 Å². The van der Waals surface area contributed by atoms with Crippen molar-refractivity contribution < 1.29 is 18.5 Å². The lowest BCUT2D eigenvalue weighted by molar-refractivity contribution is -0.144. The van der Waals surface area contributed by atoms with Gasteiger partial charge in [0.25, 0.3) is 5.56 Å². The van der Waals surface area contributed by atoms with E-state index >= 15 is 0 Å². The maximum Gasteiger partial charge on any atom is 0.327 e. The van der Waals surface area contributed by atoms with E-state index in [1.165, 1.54) is 12.3 Å². The van der Waals surface area contributed by atoms with E-state index in [9.17, 15) is 9.59 Å². The molecule has 0 bridgehead atoms. The van der Waals surface area contributed by atoms with Gasteiger partial charge in [-0.15, -0.1) is 0 Å². The summed E-state index contributed by atoms with van der Waals surface area (Å²) in [6.07, 6.45) is 1.49. The van der Waals surface area contributed by atoms with Gasteiger partial charge in [-0.3, -0.25) is 9.59 Å². The molecule has 0 aliphatic heterocycles. The Hall–Kier alpha value is -3.16. The molecule has 0 saturated carbocycles. The number of ether oxygens (including phenoxy) is 1. The molecule has 0 fully saturated rings. The molecular formula is C16H15N3O5. The number of furan rings is 1. The van der Waals surface area contributed by atoms with E-state index in [1.807, 2.05) is 0 Å². The van der Waals surface area contributed by atoms with Crippen molar-refractivity contribution in [1.82, 2.24) is 14.9 Å². The summed E-state index contributed by atoms with van der Waals surface area (Å²) in [5.74, 6) is 0.296. The second kappa shape index (κ2) is 6.53. The maximum absolute atomic E-state index is 12.3. The van der Waals surface area contributed by atoms with E-state index in [1.54, 1.807) is 32.0 Å². The number of aryl methyl sites for hydroxylation is 1. The molecule has 0 unspecified atom stereocenters. The van der Waals surface area contributed by atoms with Gasteiger partial charge in [-0.2, -0.15) is 5.10 Å². The van der Waals surface area contributed by atoms with Crippen LogP contribution in [0.2, 0.25) is 0 Å². The van der Waals surface area contributed by atoms with Crippen LogP contribution in [0.15, 0.2) is 44.3 Å². The molecule has 8 nitrogen and oxygen atoms in total.